The maximum absolute atomic E-state index is 11.9. The van der Waals surface area contributed by atoms with E-state index in [0.717, 1.165) is 25.2 Å². The second-order valence-electron chi connectivity index (χ2n) is 6.57. The van der Waals surface area contributed by atoms with Gasteiger partial charge >= 0.3 is 0 Å². The van der Waals surface area contributed by atoms with Crippen LogP contribution in [0, 0.1) is 0 Å². The van der Waals surface area contributed by atoms with Crippen LogP contribution in [0.3, 0.4) is 0 Å². The van der Waals surface area contributed by atoms with Gasteiger partial charge in [-0.25, -0.2) is 14.7 Å². The average molecular weight is 503 g/mol. The Bertz CT molecular complexity index is 759. The number of hydrogen-bond acceptors (Lipinski definition) is 5. The van der Waals surface area contributed by atoms with E-state index in [9.17, 15) is 4.79 Å². The van der Waals surface area contributed by atoms with Crippen molar-refractivity contribution < 1.29 is 4.79 Å². The SMILES string of the molecule is CC(NC(=NCC(=O)N(C)C)NC1CCc2ncnn2C1)c1cccs1.I. The molecule has 2 N–H and O–H groups in total. The predicted molar refractivity (Wildman–Crippen MR) is 118 cm³/mol. The number of aliphatic imine (C=N–C) groups is 1. The number of rotatable bonds is 5. The summed E-state index contributed by atoms with van der Waals surface area (Å²) in [6, 6.07) is 4.43. The molecule has 10 heteroatoms. The molecule has 148 valence electrons. The van der Waals surface area contributed by atoms with E-state index in [0.29, 0.717) is 5.96 Å². The van der Waals surface area contributed by atoms with E-state index in [4.69, 9.17) is 0 Å². The summed E-state index contributed by atoms with van der Waals surface area (Å²) in [4.78, 5) is 23.5. The monoisotopic (exact) mass is 503 g/mol. The lowest BCUT2D eigenvalue weighted by Gasteiger charge is -2.27. The third-order valence-corrected chi connectivity index (χ3v) is 5.40. The van der Waals surface area contributed by atoms with Crippen LogP contribution in [0.25, 0.3) is 0 Å². The number of nitrogens with zero attached hydrogens (tertiary/aromatic N) is 5. The first kappa shape index (κ1) is 21.6. The number of carbonyl (C=O) groups excluding carboxylic acids is 1. The molecule has 0 aromatic carbocycles. The van der Waals surface area contributed by atoms with Crippen LogP contribution in [0.2, 0.25) is 0 Å². The van der Waals surface area contributed by atoms with E-state index < -0.39 is 0 Å². The van der Waals surface area contributed by atoms with Gasteiger partial charge in [0.2, 0.25) is 5.91 Å². The molecule has 27 heavy (non-hydrogen) atoms. The molecule has 0 bridgehead atoms. The fourth-order valence-corrected chi connectivity index (χ4v) is 3.52. The highest BCUT2D eigenvalue weighted by Gasteiger charge is 2.21. The van der Waals surface area contributed by atoms with Gasteiger partial charge in [-0.15, -0.1) is 35.3 Å². The lowest BCUT2D eigenvalue weighted by atomic mass is 10.1. The molecule has 0 radical (unpaired) electrons. The average Bonchev–Trinajstić information content (AvgIpc) is 3.30. The molecule has 1 aliphatic rings. The first-order valence-electron chi connectivity index (χ1n) is 8.70. The Balaban J connectivity index is 0.00000261. The molecule has 3 heterocycles. The summed E-state index contributed by atoms with van der Waals surface area (Å²) in [5.41, 5.74) is 0. The minimum absolute atomic E-state index is 0. The minimum atomic E-state index is -0.0305. The molecule has 2 unspecified atom stereocenters. The van der Waals surface area contributed by atoms with Crippen LogP contribution in [0.1, 0.15) is 30.1 Å². The Labute approximate surface area is 180 Å². The number of aryl methyl sites for hydroxylation is 1. The Morgan fingerprint density at radius 1 is 1.52 bits per heavy atom. The first-order chi connectivity index (χ1) is 12.5. The number of halogens is 1. The highest BCUT2D eigenvalue weighted by Crippen LogP contribution is 2.18. The zero-order chi connectivity index (χ0) is 18.5. The Morgan fingerprint density at radius 3 is 3.04 bits per heavy atom. The van der Waals surface area contributed by atoms with Crippen LogP contribution in [-0.4, -0.2) is 58.2 Å². The van der Waals surface area contributed by atoms with Crippen LogP contribution in [0.4, 0.5) is 0 Å². The van der Waals surface area contributed by atoms with Gasteiger partial charge in [-0.05, 0) is 24.8 Å². The van der Waals surface area contributed by atoms with Gasteiger partial charge in [-0.1, -0.05) is 6.07 Å². The molecule has 2 atom stereocenters. The van der Waals surface area contributed by atoms with E-state index in [1.165, 1.54) is 4.88 Å². The second-order valence-corrected chi connectivity index (χ2v) is 7.55. The first-order valence-corrected chi connectivity index (χ1v) is 9.58. The number of thiophene rings is 1. The topological polar surface area (TPSA) is 87.4 Å². The molecule has 0 spiro atoms. The number of carbonyl (C=O) groups is 1. The van der Waals surface area contributed by atoms with E-state index >= 15 is 0 Å². The second kappa shape index (κ2) is 10.0. The summed E-state index contributed by atoms with van der Waals surface area (Å²) in [7, 11) is 3.47. The van der Waals surface area contributed by atoms with Crippen LogP contribution >= 0.6 is 35.3 Å². The van der Waals surface area contributed by atoms with Crippen LogP contribution < -0.4 is 10.6 Å². The van der Waals surface area contributed by atoms with E-state index in [-0.39, 0.29) is 48.5 Å². The molecule has 0 fully saturated rings. The standard InChI is InChI=1S/C17H25N7OS.HI/c1-12(14-5-4-8-26-14)21-17(18-9-16(25)23(2)3)22-13-6-7-15-19-11-20-24(15)10-13;/h4-5,8,11-13H,6-7,9-10H2,1-3H3,(H2,18,21,22);1H. The number of hydrogen-bond donors (Lipinski definition) is 2. The fourth-order valence-electron chi connectivity index (χ4n) is 2.78. The van der Waals surface area contributed by atoms with E-state index in [2.05, 4.69) is 44.1 Å². The molecule has 3 rings (SSSR count). The number of fused-ring (bicyclic) bond motifs is 1. The zero-order valence-corrected chi connectivity index (χ0v) is 18.9. The van der Waals surface area contributed by atoms with Crippen LogP contribution in [0.5, 0.6) is 0 Å². The lowest BCUT2D eigenvalue weighted by molar-refractivity contribution is -0.127. The quantitative estimate of drug-likeness (QED) is 0.368. The number of nitrogens with one attached hydrogen (secondary N) is 2. The van der Waals surface area contributed by atoms with Crippen molar-refractivity contribution in [3.8, 4) is 0 Å². The van der Waals surface area contributed by atoms with Crippen molar-refractivity contribution in [1.29, 1.82) is 0 Å². The highest BCUT2D eigenvalue weighted by atomic mass is 127. The molecule has 2 aromatic rings. The summed E-state index contributed by atoms with van der Waals surface area (Å²) in [6.07, 6.45) is 3.43. The maximum atomic E-state index is 11.9. The van der Waals surface area contributed by atoms with Crippen molar-refractivity contribution in [1.82, 2.24) is 30.3 Å². The van der Waals surface area contributed by atoms with Gasteiger partial charge in [0.1, 0.15) is 18.7 Å². The number of amides is 1. The van der Waals surface area contributed by atoms with Gasteiger partial charge in [0, 0.05) is 31.4 Å². The summed E-state index contributed by atoms with van der Waals surface area (Å²) in [5, 5.41) is 13.2. The normalized spacial score (nSPS) is 17.4. The predicted octanol–water partition coefficient (Wildman–Crippen LogP) is 1.66. The van der Waals surface area contributed by atoms with Crippen LogP contribution in [-0.2, 0) is 17.8 Å². The molecule has 0 saturated heterocycles. The molecule has 0 saturated carbocycles. The van der Waals surface area contributed by atoms with Gasteiger partial charge in [0.15, 0.2) is 5.96 Å². The molecule has 2 aromatic heterocycles. The molecular formula is C17H26IN7OS. The van der Waals surface area contributed by atoms with Gasteiger partial charge in [0.25, 0.3) is 0 Å². The maximum Gasteiger partial charge on any atom is 0.243 e. The van der Waals surface area contributed by atoms with Crippen molar-refractivity contribution in [2.24, 2.45) is 4.99 Å². The Hall–Kier alpha value is -1.69. The Morgan fingerprint density at radius 2 is 2.33 bits per heavy atom. The highest BCUT2D eigenvalue weighted by molar-refractivity contribution is 14.0. The van der Waals surface area contributed by atoms with Crippen molar-refractivity contribution in [2.75, 3.05) is 20.6 Å². The summed E-state index contributed by atoms with van der Waals surface area (Å²) in [6.45, 7) is 2.94. The molecular weight excluding hydrogens is 477 g/mol. The summed E-state index contributed by atoms with van der Waals surface area (Å²) >= 11 is 1.70. The molecule has 0 aliphatic carbocycles. The summed E-state index contributed by atoms with van der Waals surface area (Å²) < 4.78 is 1.92. The number of aromatic nitrogens is 3. The fraction of sp³-hybridized carbons (Fsp3) is 0.529. The van der Waals surface area contributed by atoms with Gasteiger partial charge in [0.05, 0.1) is 12.6 Å². The van der Waals surface area contributed by atoms with Crippen molar-refractivity contribution in [3.05, 3.63) is 34.5 Å². The number of guanidine groups is 1. The van der Waals surface area contributed by atoms with Crippen molar-refractivity contribution in [2.45, 2.75) is 38.4 Å². The lowest BCUT2D eigenvalue weighted by Crippen LogP contribution is -2.48. The zero-order valence-electron chi connectivity index (χ0n) is 15.8. The third kappa shape index (κ3) is 5.89. The van der Waals surface area contributed by atoms with E-state index in [1.54, 1.807) is 36.7 Å². The smallest absolute Gasteiger partial charge is 0.243 e. The van der Waals surface area contributed by atoms with Crippen LogP contribution in [0.15, 0.2) is 28.8 Å². The third-order valence-electron chi connectivity index (χ3n) is 4.34. The molecule has 1 aliphatic heterocycles. The molecule has 8 nitrogen and oxygen atoms in total. The van der Waals surface area contributed by atoms with E-state index in [1.807, 2.05) is 10.7 Å². The largest absolute Gasteiger partial charge is 0.352 e. The number of likely N-dealkylation sites (N-methyl/N-ethyl adjacent to an activating group) is 1. The Kier molecular flexibility index (Phi) is 8.02. The minimum Gasteiger partial charge on any atom is -0.352 e. The van der Waals surface area contributed by atoms with Crippen molar-refractivity contribution in [3.63, 3.8) is 0 Å². The van der Waals surface area contributed by atoms with Gasteiger partial charge < -0.3 is 15.5 Å². The summed E-state index contributed by atoms with van der Waals surface area (Å²) in [5.74, 6) is 1.64. The molecule has 1 amide bonds. The van der Waals surface area contributed by atoms with Crippen molar-refractivity contribution >= 4 is 47.2 Å². The van der Waals surface area contributed by atoms with Gasteiger partial charge in [-0.3, -0.25) is 4.79 Å². The van der Waals surface area contributed by atoms with Gasteiger partial charge in [-0.2, -0.15) is 5.10 Å².